The highest BCUT2D eigenvalue weighted by Gasteiger charge is 2.36. The minimum Gasteiger partial charge on any atom is -0.472 e. The summed E-state index contributed by atoms with van der Waals surface area (Å²) >= 11 is 0. The fourth-order valence-corrected chi connectivity index (χ4v) is 4.95. The summed E-state index contributed by atoms with van der Waals surface area (Å²) in [5.41, 5.74) is 0.874. The summed E-state index contributed by atoms with van der Waals surface area (Å²) in [4.78, 5) is 21.9. The molecule has 1 amide bonds. The van der Waals surface area contributed by atoms with E-state index < -0.39 is 29.5 Å². The molecule has 1 N–H and O–H groups in total. The second kappa shape index (κ2) is 11.3. The van der Waals surface area contributed by atoms with E-state index >= 15 is 0 Å². The Morgan fingerprint density at radius 3 is 2.61 bits per heavy atom. The number of rotatable bonds is 8. The van der Waals surface area contributed by atoms with Crippen LogP contribution in [-0.4, -0.2) is 67.1 Å². The van der Waals surface area contributed by atoms with E-state index in [-0.39, 0.29) is 18.5 Å². The van der Waals surface area contributed by atoms with Gasteiger partial charge in [-0.05, 0) is 38.7 Å². The van der Waals surface area contributed by atoms with E-state index in [0.29, 0.717) is 49.8 Å². The first kappa shape index (κ1) is 28.3. The zero-order valence-electron chi connectivity index (χ0n) is 22.8. The Kier molecular flexibility index (Phi) is 7.82. The van der Waals surface area contributed by atoms with E-state index in [1.54, 1.807) is 37.4 Å². The van der Waals surface area contributed by atoms with Gasteiger partial charge in [-0.25, -0.2) is 14.4 Å². The molecular formula is C27H30F4N8O2. The predicted octanol–water partition coefficient (Wildman–Crippen LogP) is 4.93. The molecule has 0 spiro atoms. The molecular weight excluding hydrogens is 544 g/mol. The van der Waals surface area contributed by atoms with E-state index in [1.165, 1.54) is 4.90 Å². The molecule has 218 valence electrons. The molecule has 0 aliphatic heterocycles. The van der Waals surface area contributed by atoms with Crippen molar-refractivity contribution >= 4 is 22.6 Å². The monoisotopic (exact) mass is 574 g/mol. The van der Waals surface area contributed by atoms with Crippen molar-refractivity contribution in [3.63, 3.8) is 0 Å². The molecule has 4 heterocycles. The Morgan fingerprint density at radius 1 is 1.17 bits per heavy atom. The number of alkyl halides is 3. The van der Waals surface area contributed by atoms with Crippen LogP contribution in [-0.2, 0) is 17.5 Å². The molecule has 5 rings (SSSR count). The van der Waals surface area contributed by atoms with Crippen LogP contribution < -0.4 is 10.1 Å². The summed E-state index contributed by atoms with van der Waals surface area (Å²) in [5, 5.41) is 13.3. The summed E-state index contributed by atoms with van der Waals surface area (Å²) in [6, 6.07) is 2.49. The van der Waals surface area contributed by atoms with Crippen molar-refractivity contribution in [1.82, 2.24) is 34.4 Å². The van der Waals surface area contributed by atoms with Crippen molar-refractivity contribution in [1.29, 1.82) is 0 Å². The lowest BCUT2D eigenvalue weighted by Crippen LogP contribution is -2.27. The molecule has 0 radical (unpaired) electrons. The smallest absolute Gasteiger partial charge is 0.419 e. The number of ether oxygens (including phenoxy) is 1. The number of aromatic nitrogens is 6. The first-order chi connectivity index (χ1) is 19.5. The van der Waals surface area contributed by atoms with Crippen molar-refractivity contribution < 1.29 is 27.1 Å². The van der Waals surface area contributed by atoms with Gasteiger partial charge in [-0.2, -0.15) is 23.4 Å². The van der Waals surface area contributed by atoms with Crippen molar-refractivity contribution in [3.05, 3.63) is 48.3 Å². The number of nitrogens with one attached hydrogen (secondary N) is 1. The van der Waals surface area contributed by atoms with E-state index in [9.17, 15) is 22.4 Å². The van der Waals surface area contributed by atoms with E-state index in [2.05, 4.69) is 20.4 Å². The molecule has 0 bridgehead atoms. The van der Waals surface area contributed by atoms with E-state index in [0.717, 1.165) is 22.7 Å². The summed E-state index contributed by atoms with van der Waals surface area (Å²) in [5.74, 6) is -1.53. The molecule has 1 aliphatic rings. The van der Waals surface area contributed by atoms with Crippen LogP contribution in [0.25, 0.3) is 22.2 Å². The highest BCUT2D eigenvalue weighted by atomic mass is 19.4. The molecule has 0 saturated heterocycles. The van der Waals surface area contributed by atoms with Gasteiger partial charge in [-0.15, -0.1) is 0 Å². The van der Waals surface area contributed by atoms with Crippen LogP contribution >= 0.6 is 0 Å². The predicted molar refractivity (Wildman–Crippen MR) is 143 cm³/mol. The third kappa shape index (κ3) is 5.95. The molecule has 41 heavy (non-hydrogen) atoms. The Hall–Kier alpha value is -4.23. The van der Waals surface area contributed by atoms with Gasteiger partial charge in [-0.1, -0.05) is 0 Å². The lowest BCUT2D eigenvalue weighted by molar-refractivity contribution is -0.140. The minimum atomic E-state index is -4.83. The summed E-state index contributed by atoms with van der Waals surface area (Å²) in [7, 11) is 3.36. The van der Waals surface area contributed by atoms with E-state index in [1.807, 2.05) is 17.7 Å². The second-order valence-corrected chi connectivity index (χ2v) is 10.1. The summed E-state index contributed by atoms with van der Waals surface area (Å²) in [6.45, 7) is 2.76. The van der Waals surface area contributed by atoms with Gasteiger partial charge >= 0.3 is 6.18 Å². The van der Waals surface area contributed by atoms with Crippen LogP contribution in [0.2, 0.25) is 0 Å². The molecule has 1 aliphatic carbocycles. The number of carbonyl (C=O) groups is 1. The Morgan fingerprint density at radius 2 is 1.93 bits per heavy atom. The maximum absolute atomic E-state index is 14.5. The van der Waals surface area contributed by atoms with Gasteiger partial charge in [0.1, 0.15) is 24.2 Å². The molecule has 4 aromatic heterocycles. The summed E-state index contributed by atoms with van der Waals surface area (Å²) in [6.07, 6.45) is 2.95. The average Bonchev–Trinajstić information content (AvgIpc) is 3.54. The molecule has 0 atom stereocenters. The highest BCUT2D eigenvalue weighted by Crippen LogP contribution is 2.38. The van der Waals surface area contributed by atoms with Crippen LogP contribution in [0.1, 0.15) is 44.2 Å². The molecule has 4 aromatic rings. The number of carbonyl (C=O) groups excluding carboxylic acids is 1. The largest absolute Gasteiger partial charge is 0.472 e. The van der Waals surface area contributed by atoms with Crippen LogP contribution in [0.4, 0.5) is 23.4 Å². The molecule has 1 saturated carbocycles. The van der Waals surface area contributed by atoms with Gasteiger partial charge in [0.05, 0.1) is 23.3 Å². The van der Waals surface area contributed by atoms with Gasteiger partial charge < -0.3 is 15.0 Å². The minimum absolute atomic E-state index is 0.0346. The number of halogens is 4. The SMILES string of the molecule is CCNc1cc2c(cn1)c(-c1cnn(CC(=O)N(C)C)c1)nn2[C@H]1CC[C@@H](Oc2nccc(C(F)(F)F)c2F)CC1. The van der Waals surface area contributed by atoms with Crippen molar-refractivity contribution in [2.45, 2.75) is 57.5 Å². The maximum atomic E-state index is 14.5. The Balaban J connectivity index is 1.38. The first-order valence-electron chi connectivity index (χ1n) is 13.3. The number of nitrogens with zero attached hydrogens (tertiary/aromatic N) is 7. The number of likely N-dealkylation sites (N-methyl/N-ethyl adjacent to an activating group) is 1. The molecule has 1 fully saturated rings. The normalized spacial score (nSPS) is 17.5. The van der Waals surface area contributed by atoms with Crippen molar-refractivity contribution in [2.75, 3.05) is 26.0 Å². The van der Waals surface area contributed by atoms with Crippen LogP contribution in [0.15, 0.2) is 36.9 Å². The standard InChI is InChI=1S/C27H30F4N8O2/c1-4-32-22-11-21-19(13-34-22)25(16-12-35-38(14-16)15-23(40)37(2)3)36-39(21)17-5-7-18(8-6-17)41-26-24(28)20(9-10-33-26)27(29,30)31/h9-14,17-18H,4-8,15H2,1-3H3,(H,32,34)/t17-,18+. The quantitative estimate of drug-likeness (QED) is 0.298. The topological polar surface area (TPSA) is 103 Å². The van der Waals surface area contributed by atoms with Gasteiger partial charge in [0.2, 0.25) is 5.91 Å². The Bertz CT molecular complexity index is 1540. The van der Waals surface area contributed by atoms with Crippen LogP contribution in [0.3, 0.4) is 0 Å². The number of anilines is 1. The molecule has 10 nitrogen and oxygen atoms in total. The molecule has 14 heteroatoms. The fraction of sp³-hybridized carbons (Fsp3) is 0.444. The first-order valence-corrected chi connectivity index (χ1v) is 13.3. The molecule has 0 unspecified atom stereocenters. The number of hydrogen-bond donors (Lipinski definition) is 1. The zero-order valence-corrected chi connectivity index (χ0v) is 22.8. The van der Waals surface area contributed by atoms with Gasteiger partial charge in [0.25, 0.3) is 5.88 Å². The van der Waals surface area contributed by atoms with Gasteiger partial charge in [0.15, 0.2) is 5.82 Å². The molecule has 0 aromatic carbocycles. The number of fused-ring (bicyclic) bond motifs is 1. The Labute approximate surface area is 233 Å². The van der Waals surface area contributed by atoms with Crippen LogP contribution in [0, 0.1) is 5.82 Å². The average molecular weight is 575 g/mol. The lowest BCUT2D eigenvalue weighted by atomic mass is 9.93. The zero-order chi connectivity index (χ0) is 29.3. The number of hydrogen-bond acceptors (Lipinski definition) is 7. The van der Waals surface area contributed by atoms with Gasteiger partial charge in [-0.3, -0.25) is 14.2 Å². The van der Waals surface area contributed by atoms with Crippen molar-refractivity contribution in [2.24, 2.45) is 0 Å². The third-order valence-corrected chi connectivity index (χ3v) is 7.08. The summed E-state index contributed by atoms with van der Waals surface area (Å²) < 4.78 is 62.8. The van der Waals surface area contributed by atoms with Crippen LogP contribution in [0.5, 0.6) is 5.88 Å². The highest BCUT2D eigenvalue weighted by molar-refractivity contribution is 5.93. The maximum Gasteiger partial charge on any atom is 0.419 e. The second-order valence-electron chi connectivity index (χ2n) is 10.1. The number of pyridine rings is 2. The third-order valence-electron chi connectivity index (χ3n) is 7.08. The fourth-order valence-electron chi connectivity index (χ4n) is 4.95. The van der Waals surface area contributed by atoms with E-state index in [4.69, 9.17) is 9.84 Å². The lowest BCUT2D eigenvalue weighted by Gasteiger charge is -2.29. The van der Waals surface area contributed by atoms with Crippen molar-refractivity contribution in [3.8, 4) is 17.1 Å². The number of amides is 1. The van der Waals surface area contributed by atoms with Gasteiger partial charge in [0, 0.05) is 56.2 Å².